The van der Waals surface area contributed by atoms with Gasteiger partial charge in [-0.05, 0) is 42.0 Å². The average Bonchev–Trinajstić information content (AvgIpc) is 3.58. The molecule has 1 unspecified atom stereocenters. The number of carbonyl (C=O) groups is 3. The molecular formula is C41H34O10. The number of benzene rings is 5. The molecule has 0 aromatic heterocycles. The van der Waals surface area contributed by atoms with Gasteiger partial charge in [-0.25, -0.2) is 14.4 Å². The fourth-order valence-electron chi connectivity index (χ4n) is 5.90. The molecule has 0 spiro atoms. The molecule has 0 saturated carbocycles. The molecule has 2 saturated heterocycles. The van der Waals surface area contributed by atoms with Crippen molar-refractivity contribution in [2.45, 2.75) is 43.3 Å². The summed E-state index contributed by atoms with van der Waals surface area (Å²) in [6.45, 7) is -0.288. The van der Waals surface area contributed by atoms with Crippen molar-refractivity contribution < 1.29 is 47.5 Å². The Bertz CT molecular complexity index is 1910. The molecule has 10 heteroatoms. The number of fused-ring (bicyclic) bond motifs is 1. The fourth-order valence-corrected chi connectivity index (χ4v) is 5.90. The molecule has 5 aromatic carbocycles. The van der Waals surface area contributed by atoms with Gasteiger partial charge in [-0.15, -0.1) is 0 Å². The number of rotatable bonds is 11. The highest BCUT2D eigenvalue weighted by atomic mass is 16.9. The summed E-state index contributed by atoms with van der Waals surface area (Å²) in [6, 6.07) is 43.7. The molecule has 10 nitrogen and oxygen atoms in total. The molecule has 51 heavy (non-hydrogen) atoms. The van der Waals surface area contributed by atoms with E-state index in [0.29, 0.717) is 11.1 Å². The van der Waals surface area contributed by atoms with Gasteiger partial charge in [-0.1, -0.05) is 115 Å². The van der Waals surface area contributed by atoms with Crippen LogP contribution in [-0.4, -0.2) is 55.2 Å². The smallest absolute Gasteiger partial charge is 0.338 e. The van der Waals surface area contributed by atoms with Crippen LogP contribution in [-0.2, 0) is 45.7 Å². The number of hydrogen-bond acceptors (Lipinski definition) is 10. The largest absolute Gasteiger partial charge is 0.459 e. The molecule has 2 aliphatic heterocycles. The van der Waals surface area contributed by atoms with E-state index < -0.39 is 54.6 Å². The van der Waals surface area contributed by atoms with Crippen molar-refractivity contribution in [2.75, 3.05) is 6.61 Å². The molecule has 0 N–H and O–H groups in total. The Kier molecular flexibility index (Phi) is 10.3. The average molecular weight is 687 g/mol. The van der Waals surface area contributed by atoms with E-state index in [0.717, 1.165) is 5.56 Å². The van der Waals surface area contributed by atoms with Gasteiger partial charge >= 0.3 is 23.9 Å². The van der Waals surface area contributed by atoms with E-state index in [1.807, 2.05) is 48.5 Å². The predicted molar refractivity (Wildman–Crippen MR) is 182 cm³/mol. The van der Waals surface area contributed by atoms with Crippen LogP contribution in [0.3, 0.4) is 0 Å². The van der Waals surface area contributed by atoms with Crippen LogP contribution in [0.2, 0.25) is 0 Å². The van der Waals surface area contributed by atoms with Crippen LogP contribution in [0.1, 0.15) is 42.2 Å². The summed E-state index contributed by atoms with van der Waals surface area (Å²) in [7, 11) is 0. The van der Waals surface area contributed by atoms with Crippen LogP contribution in [0, 0.1) is 0 Å². The maximum Gasteiger partial charge on any atom is 0.338 e. The number of carbonyl (C=O) groups excluding carboxylic acids is 3. The van der Waals surface area contributed by atoms with E-state index in [2.05, 4.69) is 0 Å². The van der Waals surface area contributed by atoms with Crippen molar-refractivity contribution in [1.82, 2.24) is 0 Å². The van der Waals surface area contributed by atoms with Crippen molar-refractivity contribution in [1.29, 1.82) is 0 Å². The third kappa shape index (κ3) is 7.74. The van der Waals surface area contributed by atoms with E-state index in [1.165, 1.54) is 0 Å². The summed E-state index contributed by atoms with van der Waals surface area (Å²) in [5.41, 5.74) is 2.18. The Morgan fingerprint density at radius 3 is 1.57 bits per heavy atom. The van der Waals surface area contributed by atoms with Gasteiger partial charge in [0.05, 0.1) is 23.3 Å². The van der Waals surface area contributed by atoms with E-state index in [-0.39, 0.29) is 24.3 Å². The lowest BCUT2D eigenvalue weighted by molar-refractivity contribution is -0.371. The van der Waals surface area contributed by atoms with Crippen molar-refractivity contribution in [2.24, 2.45) is 0 Å². The Balaban J connectivity index is 1.26. The Morgan fingerprint density at radius 1 is 0.549 bits per heavy atom. The van der Waals surface area contributed by atoms with Gasteiger partial charge < -0.3 is 28.4 Å². The van der Waals surface area contributed by atoms with E-state index in [1.54, 1.807) is 103 Å². The summed E-state index contributed by atoms with van der Waals surface area (Å²) < 4.78 is 43.9. The molecule has 5 aromatic rings. The van der Waals surface area contributed by atoms with E-state index in [4.69, 9.17) is 33.2 Å². The topological polar surface area (TPSA) is 116 Å². The lowest BCUT2D eigenvalue weighted by Gasteiger charge is -2.41. The molecule has 7 rings (SSSR count). The van der Waals surface area contributed by atoms with Gasteiger partial charge in [0, 0.05) is 5.56 Å². The van der Waals surface area contributed by atoms with Crippen LogP contribution >= 0.6 is 0 Å². The van der Waals surface area contributed by atoms with Crippen LogP contribution in [0.4, 0.5) is 0 Å². The zero-order chi connectivity index (χ0) is 35.0. The SMILES string of the molecule is O=C(OC[C@H]1O[C@@H]2OC(OCc3ccccc3)(c3ccccc3)O[C@@H]2[C@@H](OC(=O)c2ccccc2)[C@@H]1OC(=O)c1ccccc1)c1ccccc1. The van der Waals surface area contributed by atoms with Crippen molar-refractivity contribution >= 4 is 17.9 Å². The molecule has 0 radical (unpaired) electrons. The summed E-state index contributed by atoms with van der Waals surface area (Å²) in [5.74, 6) is -3.86. The van der Waals surface area contributed by atoms with Crippen LogP contribution in [0.25, 0.3) is 0 Å². The standard InChI is InChI=1S/C41H34O10/c42-37(29-18-8-2-9-19-29)45-27-33-34(48-38(43)30-20-10-3-11-21-30)35(49-39(44)31-22-12-4-13-23-31)36-40(47-33)51-41(50-36,32-24-14-5-15-25-32)46-26-28-16-6-1-7-17-28/h1-25,33-36,40H,26-27H2/t33-,34-,35+,36-,40-,41?/m1/s1. The molecular weight excluding hydrogens is 652 g/mol. The molecule has 2 fully saturated rings. The quantitative estimate of drug-likeness (QED) is 0.113. The third-order valence-corrected chi connectivity index (χ3v) is 8.45. The first-order chi connectivity index (χ1) is 25.0. The highest BCUT2D eigenvalue weighted by Gasteiger charge is 2.62. The summed E-state index contributed by atoms with van der Waals surface area (Å²) in [4.78, 5) is 40.4. The monoisotopic (exact) mass is 686 g/mol. The summed E-state index contributed by atoms with van der Waals surface area (Å²) >= 11 is 0. The van der Waals surface area contributed by atoms with Gasteiger partial charge in [0.1, 0.15) is 12.7 Å². The van der Waals surface area contributed by atoms with Gasteiger partial charge in [0.15, 0.2) is 24.6 Å². The van der Waals surface area contributed by atoms with Gasteiger partial charge in [0.25, 0.3) is 0 Å². The number of ether oxygens (including phenoxy) is 7. The van der Waals surface area contributed by atoms with Gasteiger partial charge in [0.2, 0.25) is 0 Å². The van der Waals surface area contributed by atoms with Crippen LogP contribution in [0.15, 0.2) is 152 Å². The molecule has 6 atom stereocenters. The highest BCUT2D eigenvalue weighted by Crippen LogP contribution is 2.45. The normalized spacial score (nSPS) is 23.8. The Labute approximate surface area is 294 Å². The second kappa shape index (κ2) is 15.5. The second-order valence-corrected chi connectivity index (χ2v) is 11.9. The molecule has 2 aliphatic rings. The minimum Gasteiger partial charge on any atom is -0.459 e. The molecule has 0 aliphatic carbocycles. The zero-order valence-electron chi connectivity index (χ0n) is 27.3. The highest BCUT2D eigenvalue weighted by molar-refractivity contribution is 5.91. The molecule has 0 amide bonds. The first-order valence-electron chi connectivity index (χ1n) is 16.5. The van der Waals surface area contributed by atoms with Gasteiger partial charge in [-0.3, -0.25) is 4.74 Å². The number of esters is 3. The molecule has 0 bridgehead atoms. The van der Waals surface area contributed by atoms with Crippen LogP contribution < -0.4 is 0 Å². The molecule has 258 valence electrons. The van der Waals surface area contributed by atoms with Crippen molar-refractivity contribution in [3.8, 4) is 0 Å². The summed E-state index contributed by atoms with van der Waals surface area (Å²) in [5, 5.41) is 0. The van der Waals surface area contributed by atoms with E-state index >= 15 is 0 Å². The predicted octanol–water partition coefficient (Wildman–Crippen LogP) is 6.46. The minimum atomic E-state index is -1.83. The first kappa shape index (κ1) is 33.8. The number of hydrogen-bond donors (Lipinski definition) is 0. The fraction of sp³-hybridized carbons (Fsp3) is 0.195. The maximum absolute atomic E-state index is 13.7. The van der Waals surface area contributed by atoms with Gasteiger partial charge in [-0.2, -0.15) is 0 Å². The van der Waals surface area contributed by atoms with E-state index in [9.17, 15) is 14.4 Å². The van der Waals surface area contributed by atoms with Crippen LogP contribution in [0.5, 0.6) is 0 Å². The Morgan fingerprint density at radius 2 is 1.02 bits per heavy atom. The van der Waals surface area contributed by atoms with Crippen molar-refractivity contribution in [3.05, 3.63) is 179 Å². The summed E-state index contributed by atoms with van der Waals surface area (Å²) in [6.07, 6.45) is -6.18. The first-order valence-corrected chi connectivity index (χ1v) is 16.5. The third-order valence-electron chi connectivity index (χ3n) is 8.45. The second-order valence-electron chi connectivity index (χ2n) is 11.9. The minimum absolute atomic E-state index is 0.0915. The lowest BCUT2D eigenvalue weighted by atomic mass is 9.98. The molecule has 2 heterocycles. The van der Waals surface area contributed by atoms with Crippen molar-refractivity contribution in [3.63, 3.8) is 0 Å². The zero-order valence-corrected chi connectivity index (χ0v) is 27.3. The Hall–Kier alpha value is -5.65. The lowest BCUT2D eigenvalue weighted by Crippen LogP contribution is -2.60. The maximum atomic E-state index is 13.7.